The van der Waals surface area contributed by atoms with Crippen molar-refractivity contribution in [3.63, 3.8) is 0 Å². The van der Waals surface area contributed by atoms with E-state index in [0.29, 0.717) is 52.9 Å². The summed E-state index contributed by atoms with van der Waals surface area (Å²) < 4.78 is 55.3. The zero-order valence-corrected chi connectivity index (χ0v) is 18.2. The average molecular weight is 486 g/mol. The normalized spacial score (nSPS) is 20.2. The van der Waals surface area contributed by atoms with Crippen molar-refractivity contribution in [2.75, 3.05) is 13.1 Å². The second-order valence-corrected chi connectivity index (χ2v) is 9.21. The highest BCUT2D eigenvalue weighted by molar-refractivity contribution is 6.30. The fourth-order valence-electron chi connectivity index (χ4n) is 4.56. The second kappa shape index (κ2) is 7.68. The Balaban J connectivity index is 1.46. The maximum Gasteiger partial charge on any atom is 0.471 e. The summed E-state index contributed by atoms with van der Waals surface area (Å²) in [5.41, 5.74) is -0.711. The van der Waals surface area contributed by atoms with Crippen LogP contribution in [-0.2, 0) is 22.7 Å². The van der Waals surface area contributed by atoms with Gasteiger partial charge in [-0.15, -0.1) is 10.2 Å². The number of fused-ring (bicyclic) bond motifs is 3. The van der Waals surface area contributed by atoms with Crippen molar-refractivity contribution in [1.29, 1.82) is 0 Å². The zero-order chi connectivity index (χ0) is 23.5. The van der Waals surface area contributed by atoms with Crippen LogP contribution in [0.3, 0.4) is 0 Å². The summed E-state index contributed by atoms with van der Waals surface area (Å²) in [5.74, 6) is -1.80. The summed E-state index contributed by atoms with van der Waals surface area (Å²) in [5, 5.41) is 8.70. The van der Waals surface area contributed by atoms with E-state index in [9.17, 15) is 27.2 Å². The Morgan fingerprint density at radius 1 is 1.06 bits per heavy atom. The summed E-state index contributed by atoms with van der Waals surface area (Å²) in [7, 11) is 0. The van der Waals surface area contributed by atoms with Crippen LogP contribution in [0.2, 0.25) is 5.02 Å². The number of nitrogens with zero attached hydrogens (tertiary/aromatic N) is 5. The molecule has 3 aliphatic rings. The molecule has 33 heavy (non-hydrogen) atoms. The molecule has 0 radical (unpaired) electrons. The van der Waals surface area contributed by atoms with Crippen LogP contribution >= 0.6 is 11.6 Å². The standard InChI is InChI=1S/C21H20ClF4N5O2/c22-14-1-2-15-13(9-14)10-30(19(33)21(24,25)26)11-16-27-28-17(31(15)16)12-3-7-29(8-4-12)18(32)20(23)5-6-20/h1-2,9,12H,3-8,10-11H2. The third kappa shape index (κ3) is 3.96. The van der Waals surface area contributed by atoms with E-state index in [1.54, 1.807) is 16.7 Å². The highest BCUT2D eigenvalue weighted by atomic mass is 35.5. The molecule has 3 heterocycles. The molecular weight excluding hydrogens is 466 g/mol. The van der Waals surface area contributed by atoms with Gasteiger partial charge in [0.15, 0.2) is 11.5 Å². The summed E-state index contributed by atoms with van der Waals surface area (Å²) in [4.78, 5) is 26.5. The van der Waals surface area contributed by atoms with E-state index in [-0.39, 0.29) is 37.7 Å². The number of hydrogen-bond acceptors (Lipinski definition) is 4. The number of halogens is 5. The molecule has 0 unspecified atom stereocenters. The third-order valence-corrected chi connectivity index (χ3v) is 6.72. The lowest BCUT2D eigenvalue weighted by atomic mass is 9.95. The lowest BCUT2D eigenvalue weighted by molar-refractivity contribution is -0.186. The van der Waals surface area contributed by atoms with Crippen molar-refractivity contribution in [2.45, 2.75) is 56.5 Å². The summed E-state index contributed by atoms with van der Waals surface area (Å²) in [6, 6.07) is 4.82. The minimum absolute atomic E-state index is 0.126. The van der Waals surface area contributed by atoms with Crippen molar-refractivity contribution in [2.24, 2.45) is 0 Å². The van der Waals surface area contributed by atoms with Crippen molar-refractivity contribution in [3.8, 4) is 5.69 Å². The van der Waals surface area contributed by atoms with Crippen molar-refractivity contribution in [1.82, 2.24) is 24.6 Å². The van der Waals surface area contributed by atoms with Gasteiger partial charge in [0.25, 0.3) is 5.91 Å². The summed E-state index contributed by atoms with van der Waals surface area (Å²) >= 11 is 6.09. The van der Waals surface area contributed by atoms with E-state index in [1.807, 2.05) is 0 Å². The van der Waals surface area contributed by atoms with E-state index >= 15 is 0 Å². The minimum atomic E-state index is -5.02. The van der Waals surface area contributed by atoms with Crippen LogP contribution in [0.4, 0.5) is 17.6 Å². The molecule has 7 nitrogen and oxygen atoms in total. The molecule has 0 atom stereocenters. The van der Waals surface area contributed by atoms with Crippen LogP contribution in [0.5, 0.6) is 0 Å². The van der Waals surface area contributed by atoms with Gasteiger partial charge in [-0.2, -0.15) is 13.2 Å². The van der Waals surface area contributed by atoms with Gasteiger partial charge in [0.2, 0.25) is 0 Å². The first-order valence-electron chi connectivity index (χ1n) is 10.6. The molecule has 1 saturated carbocycles. The molecule has 2 fully saturated rings. The highest BCUT2D eigenvalue weighted by Gasteiger charge is 2.53. The number of carbonyl (C=O) groups excluding carboxylic acids is 2. The third-order valence-electron chi connectivity index (χ3n) is 6.48. The first kappa shape index (κ1) is 22.1. The number of benzene rings is 1. The fourth-order valence-corrected chi connectivity index (χ4v) is 4.76. The molecule has 0 bridgehead atoms. The molecule has 12 heteroatoms. The number of alkyl halides is 4. The number of piperidine rings is 1. The number of likely N-dealkylation sites (tertiary alicyclic amines) is 1. The van der Waals surface area contributed by atoms with E-state index < -0.39 is 23.7 Å². The molecular formula is C21H20ClF4N5O2. The fraction of sp³-hybridized carbons (Fsp3) is 0.524. The van der Waals surface area contributed by atoms with E-state index in [0.717, 1.165) is 0 Å². The Bertz CT molecular complexity index is 1120. The van der Waals surface area contributed by atoms with Gasteiger partial charge in [-0.05, 0) is 49.4 Å². The van der Waals surface area contributed by atoms with Crippen LogP contribution in [0.1, 0.15) is 48.8 Å². The number of carbonyl (C=O) groups is 2. The van der Waals surface area contributed by atoms with E-state index in [4.69, 9.17) is 11.6 Å². The largest absolute Gasteiger partial charge is 0.471 e. The molecule has 176 valence electrons. The number of rotatable bonds is 2. The van der Waals surface area contributed by atoms with Crippen LogP contribution < -0.4 is 0 Å². The quantitative estimate of drug-likeness (QED) is 0.610. The molecule has 0 N–H and O–H groups in total. The van der Waals surface area contributed by atoms with Crippen LogP contribution in [-0.4, -0.2) is 61.3 Å². The Morgan fingerprint density at radius 3 is 2.39 bits per heavy atom. The highest BCUT2D eigenvalue weighted by Crippen LogP contribution is 2.42. The molecule has 1 aromatic carbocycles. The summed E-state index contributed by atoms with van der Waals surface area (Å²) in [6.45, 7) is 0.0922. The Hall–Kier alpha value is -2.69. The maximum absolute atomic E-state index is 14.2. The monoisotopic (exact) mass is 485 g/mol. The Morgan fingerprint density at radius 2 is 1.76 bits per heavy atom. The molecule has 2 amide bonds. The summed E-state index contributed by atoms with van der Waals surface area (Å²) in [6.07, 6.45) is -3.46. The predicted molar refractivity (Wildman–Crippen MR) is 108 cm³/mol. The Kier molecular flexibility index (Phi) is 5.15. The van der Waals surface area contributed by atoms with Gasteiger partial charge in [0, 0.05) is 30.6 Å². The molecule has 1 saturated heterocycles. The van der Waals surface area contributed by atoms with Crippen LogP contribution in [0, 0.1) is 0 Å². The first-order chi connectivity index (χ1) is 15.6. The van der Waals surface area contributed by atoms with Gasteiger partial charge in [0.1, 0.15) is 5.82 Å². The van der Waals surface area contributed by atoms with Crippen LogP contribution in [0.25, 0.3) is 5.69 Å². The lowest BCUT2D eigenvalue weighted by Gasteiger charge is -2.32. The van der Waals surface area contributed by atoms with E-state index in [2.05, 4.69) is 10.2 Å². The van der Waals surface area contributed by atoms with Crippen molar-refractivity contribution < 1.29 is 27.2 Å². The first-order valence-corrected chi connectivity index (χ1v) is 11.0. The van der Waals surface area contributed by atoms with Gasteiger partial charge >= 0.3 is 12.1 Å². The number of hydrogen-bond donors (Lipinski definition) is 0. The molecule has 1 aliphatic carbocycles. The van der Waals surface area contributed by atoms with Gasteiger partial charge < -0.3 is 9.80 Å². The number of amides is 2. The SMILES string of the molecule is O=C(N1Cc2cc(Cl)ccc2-n2c(nnc2C2CCN(C(=O)C3(F)CC3)CC2)C1)C(F)(F)F. The second-order valence-electron chi connectivity index (χ2n) is 8.77. The van der Waals surface area contributed by atoms with E-state index in [1.165, 1.54) is 11.0 Å². The topological polar surface area (TPSA) is 71.3 Å². The van der Waals surface area contributed by atoms with Gasteiger partial charge in [-0.25, -0.2) is 4.39 Å². The lowest BCUT2D eigenvalue weighted by Crippen LogP contribution is -2.43. The van der Waals surface area contributed by atoms with Gasteiger partial charge in [-0.3, -0.25) is 14.2 Å². The number of aromatic nitrogens is 3. The zero-order valence-electron chi connectivity index (χ0n) is 17.4. The minimum Gasteiger partial charge on any atom is -0.340 e. The molecule has 2 aromatic rings. The molecule has 2 aliphatic heterocycles. The smallest absolute Gasteiger partial charge is 0.340 e. The average Bonchev–Trinajstić information content (AvgIpc) is 3.44. The maximum atomic E-state index is 14.2. The van der Waals surface area contributed by atoms with Gasteiger partial charge in [0.05, 0.1) is 12.2 Å². The Labute approximate surface area is 191 Å². The molecule has 0 spiro atoms. The van der Waals surface area contributed by atoms with Gasteiger partial charge in [-0.1, -0.05) is 11.6 Å². The van der Waals surface area contributed by atoms with Crippen LogP contribution in [0.15, 0.2) is 18.2 Å². The van der Waals surface area contributed by atoms with Crippen molar-refractivity contribution in [3.05, 3.63) is 40.4 Å². The molecule has 5 rings (SSSR count). The predicted octanol–water partition coefficient (Wildman–Crippen LogP) is 3.53. The molecule has 1 aromatic heterocycles. The van der Waals surface area contributed by atoms with Crippen molar-refractivity contribution >= 4 is 23.4 Å².